The van der Waals surface area contributed by atoms with E-state index >= 15 is 0 Å². The first-order valence-corrected chi connectivity index (χ1v) is 13.7. The van der Waals surface area contributed by atoms with Gasteiger partial charge < -0.3 is 9.64 Å². The summed E-state index contributed by atoms with van der Waals surface area (Å²) in [5, 5.41) is 0. The molecular weight excluding hydrogens is 492 g/mol. The Morgan fingerprint density at radius 3 is 2.03 bits per heavy atom. The number of carbonyl (C=O) groups is 1. The van der Waals surface area contributed by atoms with E-state index in [4.69, 9.17) is 9.72 Å². The number of amides is 1. The molecule has 6 nitrogen and oxygen atoms in total. The van der Waals surface area contributed by atoms with Gasteiger partial charge in [-0.2, -0.15) is 0 Å². The van der Waals surface area contributed by atoms with E-state index in [1.807, 2.05) is 46.7 Å². The van der Waals surface area contributed by atoms with Gasteiger partial charge in [-0.3, -0.25) is 14.1 Å². The van der Waals surface area contributed by atoms with E-state index in [0.717, 1.165) is 45.6 Å². The van der Waals surface area contributed by atoms with E-state index in [1.165, 1.54) is 22.5 Å². The Labute approximate surface area is 226 Å². The number of thiazole rings is 1. The van der Waals surface area contributed by atoms with E-state index < -0.39 is 0 Å². The van der Waals surface area contributed by atoms with Gasteiger partial charge in [-0.25, -0.2) is 4.98 Å². The van der Waals surface area contributed by atoms with Crippen LogP contribution in [0.25, 0.3) is 16.2 Å². The zero-order valence-electron chi connectivity index (χ0n) is 21.6. The lowest BCUT2D eigenvalue weighted by atomic mass is 9.96. The van der Waals surface area contributed by atoms with Crippen molar-refractivity contribution >= 4 is 22.2 Å². The number of hydrogen-bond acceptors (Lipinski definition) is 5. The molecular formula is C31H30N4O2S. The molecule has 2 aromatic heterocycles. The molecule has 0 unspecified atom stereocenters. The van der Waals surface area contributed by atoms with Gasteiger partial charge in [-0.05, 0) is 42.3 Å². The molecule has 1 aliphatic heterocycles. The molecule has 0 N–H and O–H groups in total. The summed E-state index contributed by atoms with van der Waals surface area (Å²) >= 11 is 1.47. The molecule has 3 aromatic carbocycles. The standard InChI is InChI=1S/C31H30N4O2S/c1-22-29(38-31-32-27(21-35(22)31)23-13-15-26(37-2)16-14-23)30(36)34-19-17-33(18-20-34)28(24-9-5-3-6-10-24)25-11-7-4-8-12-25/h3-16,21,28H,17-20H2,1-2H3. The molecule has 1 amide bonds. The maximum absolute atomic E-state index is 13.6. The minimum atomic E-state index is 0.0969. The van der Waals surface area contributed by atoms with Crippen LogP contribution in [-0.4, -0.2) is 58.4 Å². The number of piperazine rings is 1. The number of benzene rings is 3. The van der Waals surface area contributed by atoms with Crippen molar-refractivity contribution in [3.05, 3.63) is 113 Å². The van der Waals surface area contributed by atoms with Crippen LogP contribution in [0.2, 0.25) is 0 Å². The Morgan fingerprint density at radius 1 is 0.868 bits per heavy atom. The molecule has 0 spiro atoms. The summed E-state index contributed by atoms with van der Waals surface area (Å²) in [6.07, 6.45) is 2.02. The Balaban J connectivity index is 1.19. The van der Waals surface area contributed by atoms with Crippen LogP contribution < -0.4 is 4.74 Å². The van der Waals surface area contributed by atoms with Gasteiger partial charge in [-0.15, -0.1) is 0 Å². The van der Waals surface area contributed by atoms with E-state index in [9.17, 15) is 4.79 Å². The lowest BCUT2D eigenvalue weighted by molar-refractivity contribution is 0.0601. The number of hydrogen-bond donors (Lipinski definition) is 0. The lowest BCUT2D eigenvalue weighted by Crippen LogP contribution is -2.49. The molecule has 1 saturated heterocycles. The van der Waals surface area contributed by atoms with Gasteiger partial charge in [0.1, 0.15) is 10.6 Å². The van der Waals surface area contributed by atoms with E-state index in [2.05, 4.69) is 65.6 Å². The Morgan fingerprint density at radius 2 is 1.47 bits per heavy atom. The zero-order chi connectivity index (χ0) is 26.1. The molecule has 5 aromatic rings. The maximum Gasteiger partial charge on any atom is 0.265 e. The second-order valence-corrected chi connectivity index (χ2v) is 10.6. The fourth-order valence-electron chi connectivity index (χ4n) is 5.26. The minimum absolute atomic E-state index is 0.0969. The predicted octanol–water partition coefficient (Wildman–Crippen LogP) is 5.93. The van der Waals surface area contributed by atoms with Gasteiger partial charge in [0, 0.05) is 43.6 Å². The molecule has 6 rings (SSSR count). The van der Waals surface area contributed by atoms with Gasteiger partial charge >= 0.3 is 0 Å². The monoisotopic (exact) mass is 522 g/mol. The van der Waals surface area contributed by atoms with Crippen LogP contribution in [0.5, 0.6) is 5.75 Å². The number of carbonyl (C=O) groups excluding carboxylic acids is 1. The third-order valence-electron chi connectivity index (χ3n) is 7.33. The number of imidazole rings is 1. The number of ether oxygens (including phenoxy) is 1. The van der Waals surface area contributed by atoms with Crippen molar-refractivity contribution in [1.82, 2.24) is 19.2 Å². The first-order chi connectivity index (χ1) is 18.6. The zero-order valence-corrected chi connectivity index (χ0v) is 22.4. The normalized spacial score (nSPS) is 14.3. The quantitative estimate of drug-likeness (QED) is 0.278. The maximum atomic E-state index is 13.6. The highest BCUT2D eigenvalue weighted by Gasteiger charge is 2.30. The number of methoxy groups -OCH3 is 1. The summed E-state index contributed by atoms with van der Waals surface area (Å²) in [6, 6.07) is 29.3. The van der Waals surface area contributed by atoms with Crippen LogP contribution in [-0.2, 0) is 0 Å². The highest BCUT2D eigenvalue weighted by atomic mass is 32.1. The van der Waals surface area contributed by atoms with Gasteiger partial charge in [0.15, 0.2) is 4.96 Å². The number of aryl methyl sites for hydroxylation is 1. The fraction of sp³-hybridized carbons (Fsp3) is 0.226. The van der Waals surface area contributed by atoms with Crippen molar-refractivity contribution in [3.63, 3.8) is 0 Å². The third kappa shape index (κ3) is 4.59. The first kappa shape index (κ1) is 24.4. The second kappa shape index (κ2) is 10.4. The number of rotatable bonds is 6. The molecule has 0 radical (unpaired) electrons. The summed E-state index contributed by atoms with van der Waals surface area (Å²) in [4.78, 5) is 24.5. The van der Waals surface area contributed by atoms with Crippen molar-refractivity contribution in [1.29, 1.82) is 0 Å². The largest absolute Gasteiger partial charge is 0.497 e. The molecule has 3 heterocycles. The second-order valence-electron chi connectivity index (χ2n) is 9.58. The Kier molecular flexibility index (Phi) is 6.70. The highest BCUT2D eigenvalue weighted by Crippen LogP contribution is 2.32. The van der Waals surface area contributed by atoms with E-state index in [1.54, 1.807) is 7.11 Å². The van der Waals surface area contributed by atoms with Crippen LogP contribution in [0.1, 0.15) is 32.5 Å². The topological polar surface area (TPSA) is 50.1 Å². The smallest absolute Gasteiger partial charge is 0.265 e. The highest BCUT2D eigenvalue weighted by molar-refractivity contribution is 7.19. The molecule has 0 atom stereocenters. The van der Waals surface area contributed by atoms with Gasteiger partial charge in [0.25, 0.3) is 5.91 Å². The van der Waals surface area contributed by atoms with Crippen molar-refractivity contribution < 1.29 is 9.53 Å². The van der Waals surface area contributed by atoms with Crippen molar-refractivity contribution in [2.24, 2.45) is 0 Å². The Hall–Kier alpha value is -3.94. The molecule has 7 heteroatoms. The van der Waals surface area contributed by atoms with Crippen LogP contribution in [0, 0.1) is 6.92 Å². The summed E-state index contributed by atoms with van der Waals surface area (Å²) < 4.78 is 7.30. The SMILES string of the molecule is COc1ccc(-c2cn3c(C)c(C(=O)N4CCN(C(c5ccccc5)c5ccccc5)CC4)sc3n2)cc1. The van der Waals surface area contributed by atoms with Crippen LogP contribution in [0.3, 0.4) is 0 Å². The fourth-order valence-corrected chi connectivity index (χ4v) is 6.34. The molecule has 1 fully saturated rings. The summed E-state index contributed by atoms with van der Waals surface area (Å²) in [7, 11) is 1.66. The van der Waals surface area contributed by atoms with E-state index in [-0.39, 0.29) is 11.9 Å². The molecule has 0 aliphatic carbocycles. The summed E-state index contributed by atoms with van der Waals surface area (Å²) in [5.41, 5.74) is 5.41. The van der Waals surface area contributed by atoms with Gasteiger partial charge in [0.2, 0.25) is 0 Å². The molecule has 0 saturated carbocycles. The van der Waals surface area contributed by atoms with Crippen LogP contribution in [0.15, 0.2) is 91.1 Å². The number of nitrogens with zero attached hydrogens (tertiary/aromatic N) is 4. The summed E-state index contributed by atoms with van der Waals surface area (Å²) in [6.45, 7) is 5.05. The van der Waals surface area contributed by atoms with Crippen molar-refractivity contribution in [2.45, 2.75) is 13.0 Å². The predicted molar refractivity (Wildman–Crippen MR) is 152 cm³/mol. The average Bonchev–Trinajstić information content (AvgIpc) is 3.53. The lowest BCUT2D eigenvalue weighted by Gasteiger charge is -2.39. The van der Waals surface area contributed by atoms with Gasteiger partial charge in [0.05, 0.1) is 18.8 Å². The summed E-state index contributed by atoms with van der Waals surface area (Å²) in [5.74, 6) is 0.914. The van der Waals surface area contributed by atoms with Crippen LogP contribution >= 0.6 is 11.3 Å². The van der Waals surface area contributed by atoms with E-state index in [0.29, 0.717) is 13.1 Å². The molecule has 0 bridgehead atoms. The average molecular weight is 523 g/mol. The minimum Gasteiger partial charge on any atom is -0.497 e. The molecule has 38 heavy (non-hydrogen) atoms. The molecule has 192 valence electrons. The number of fused-ring (bicyclic) bond motifs is 1. The number of aromatic nitrogens is 2. The molecule has 1 aliphatic rings. The third-order valence-corrected chi connectivity index (χ3v) is 8.48. The van der Waals surface area contributed by atoms with Crippen LogP contribution in [0.4, 0.5) is 0 Å². The Bertz CT molecular complexity index is 1500. The van der Waals surface area contributed by atoms with Crippen molar-refractivity contribution in [3.8, 4) is 17.0 Å². The first-order valence-electron chi connectivity index (χ1n) is 12.9. The van der Waals surface area contributed by atoms with Crippen molar-refractivity contribution in [2.75, 3.05) is 33.3 Å². The van der Waals surface area contributed by atoms with Gasteiger partial charge in [-0.1, -0.05) is 72.0 Å².